The number of carbonyl (C=O) groups is 1. The molecular weight excluding hydrogens is 272 g/mol. The summed E-state index contributed by atoms with van der Waals surface area (Å²) in [5, 5.41) is 0. The van der Waals surface area contributed by atoms with Crippen LogP contribution in [0, 0.1) is 39.9 Å². The average molecular weight is 276 g/mol. The molecule has 0 amide bonds. The molecule has 22 valence electrons. The zero-order chi connectivity index (χ0) is 2.71. The van der Waals surface area contributed by atoms with Gasteiger partial charge in [-0.2, -0.15) is 0 Å². The van der Waals surface area contributed by atoms with Gasteiger partial charge in [-0.05, 0) is 6.92 Å². The summed E-state index contributed by atoms with van der Waals surface area (Å²) in [6.07, 6.45) is 0.750. The van der Waals surface area contributed by atoms with Gasteiger partial charge < -0.3 is 4.79 Å². The van der Waals surface area contributed by atoms with Crippen LogP contribution in [0.3, 0.4) is 0 Å². The van der Waals surface area contributed by atoms with E-state index in [9.17, 15) is 0 Å². The van der Waals surface area contributed by atoms with E-state index in [1.165, 1.54) is 6.92 Å². The Balaban J connectivity index is 0. The van der Waals surface area contributed by atoms with Gasteiger partial charge in [0.2, 0.25) is 0 Å². The number of rotatable bonds is 0. The minimum Gasteiger partial charge on any atom is -0.304 e. The van der Waals surface area contributed by atoms with E-state index in [1.54, 1.807) is 0 Å². The molecule has 0 spiro atoms. The fourth-order valence-corrected chi connectivity index (χ4v) is 0. The van der Waals surface area contributed by atoms with Gasteiger partial charge in [-0.1, -0.05) is 0 Å². The minimum absolute atomic E-state index is 0. The zero-order valence-corrected chi connectivity index (χ0v) is 6.60. The standard InChI is InChI=1S/C2H4O.Th/c1-2-3;/h2H,1H3;. The number of aldehydes is 1. The first-order chi connectivity index (χ1) is 1.41. The van der Waals surface area contributed by atoms with Gasteiger partial charge in [0.05, 0.1) is 0 Å². The summed E-state index contributed by atoms with van der Waals surface area (Å²) in [5.74, 6) is 0. The van der Waals surface area contributed by atoms with Crippen LogP contribution in [0.2, 0.25) is 0 Å². The van der Waals surface area contributed by atoms with Crippen LogP contribution >= 0.6 is 0 Å². The molecule has 0 aliphatic carbocycles. The van der Waals surface area contributed by atoms with Gasteiger partial charge in [-0.25, -0.2) is 0 Å². The van der Waals surface area contributed by atoms with Gasteiger partial charge in [0.25, 0.3) is 0 Å². The second kappa shape index (κ2) is 9.00. The van der Waals surface area contributed by atoms with Crippen LogP contribution < -0.4 is 0 Å². The first-order valence-corrected chi connectivity index (χ1v) is 0.813. The summed E-state index contributed by atoms with van der Waals surface area (Å²) in [7, 11) is 0. The Labute approximate surface area is 57.5 Å². The molecule has 0 unspecified atom stereocenters. The first kappa shape index (κ1) is 8.89. The van der Waals surface area contributed by atoms with E-state index < -0.39 is 0 Å². The van der Waals surface area contributed by atoms with Crippen molar-refractivity contribution in [2.24, 2.45) is 0 Å². The predicted molar refractivity (Wildman–Crippen MR) is 11.7 cm³/mol. The Morgan fingerprint density at radius 1 is 1.75 bits per heavy atom. The Bertz CT molecular complexity index is 13.5. The van der Waals surface area contributed by atoms with Crippen LogP contribution in [0.4, 0.5) is 0 Å². The number of hydrogen-bond acceptors (Lipinski definition) is 1. The molecule has 0 aromatic heterocycles. The van der Waals surface area contributed by atoms with Crippen molar-refractivity contribution in [3.63, 3.8) is 0 Å². The molecule has 0 aromatic carbocycles. The Hall–Kier alpha value is 0.995. The molecule has 0 saturated heterocycles. The molecule has 0 saturated carbocycles. The Kier molecular flexibility index (Phi) is 20.0. The summed E-state index contributed by atoms with van der Waals surface area (Å²) in [4.78, 5) is 8.81. The molecule has 0 heterocycles. The third-order valence-corrected chi connectivity index (χ3v) is 0. The largest absolute Gasteiger partial charge is 0.304 e. The second-order valence-corrected chi connectivity index (χ2v) is 0.236. The summed E-state index contributed by atoms with van der Waals surface area (Å²) < 4.78 is 0. The topological polar surface area (TPSA) is 17.1 Å². The van der Waals surface area contributed by atoms with Crippen LogP contribution in [0.15, 0.2) is 0 Å². The van der Waals surface area contributed by atoms with Gasteiger partial charge >= 0.3 is 0 Å². The Morgan fingerprint density at radius 3 is 1.75 bits per heavy atom. The average Bonchev–Trinajstić information content (AvgIpc) is 0.918. The maximum absolute atomic E-state index is 8.81. The summed E-state index contributed by atoms with van der Waals surface area (Å²) in [6, 6.07) is 0. The quantitative estimate of drug-likeness (QED) is 0.578. The van der Waals surface area contributed by atoms with Crippen LogP contribution in [-0.2, 0) is 4.79 Å². The van der Waals surface area contributed by atoms with Gasteiger partial charge in [0, 0.05) is 39.9 Å². The van der Waals surface area contributed by atoms with E-state index in [0.29, 0.717) is 0 Å². The molecule has 2 heteroatoms. The van der Waals surface area contributed by atoms with Crippen LogP contribution in [-0.4, -0.2) is 6.29 Å². The molecule has 0 radical (unpaired) electrons. The van der Waals surface area contributed by atoms with E-state index in [1.807, 2.05) is 0 Å². The monoisotopic (exact) mass is 276 g/mol. The fraction of sp³-hybridized carbons (Fsp3) is 0.500. The molecule has 0 N–H and O–H groups in total. The third-order valence-electron chi connectivity index (χ3n) is 0. The van der Waals surface area contributed by atoms with Crippen LogP contribution in [0.25, 0.3) is 0 Å². The SMILES string of the molecule is CC=O.[Th]. The first-order valence-electron chi connectivity index (χ1n) is 0.813. The maximum Gasteiger partial charge on any atom is 0.116 e. The minimum atomic E-state index is 0. The van der Waals surface area contributed by atoms with Crippen molar-refractivity contribution < 1.29 is 44.7 Å². The van der Waals surface area contributed by atoms with E-state index in [4.69, 9.17) is 4.79 Å². The van der Waals surface area contributed by atoms with Crippen LogP contribution in [0.1, 0.15) is 6.92 Å². The Morgan fingerprint density at radius 2 is 1.75 bits per heavy atom. The molecule has 0 rings (SSSR count). The smallest absolute Gasteiger partial charge is 0.116 e. The normalized spacial score (nSPS) is 3.25. The molecule has 0 aliphatic rings. The van der Waals surface area contributed by atoms with Gasteiger partial charge in [0.15, 0.2) is 0 Å². The second-order valence-electron chi connectivity index (χ2n) is 0.236. The molecule has 1 nitrogen and oxygen atoms in total. The number of carbonyl (C=O) groups excluding carboxylic acids is 1. The molecular formula is C2H4OTh. The molecule has 4 heavy (non-hydrogen) atoms. The zero-order valence-electron chi connectivity index (χ0n) is 2.49. The van der Waals surface area contributed by atoms with Gasteiger partial charge in [-0.3, -0.25) is 0 Å². The molecule has 0 bridgehead atoms. The van der Waals surface area contributed by atoms with E-state index >= 15 is 0 Å². The van der Waals surface area contributed by atoms with Crippen molar-refractivity contribution in [1.29, 1.82) is 0 Å². The van der Waals surface area contributed by atoms with Crippen molar-refractivity contribution >= 4 is 6.29 Å². The van der Waals surface area contributed by atoms with E-state index in [2.05, 4.69) is 0 Å². The van der Waals surface area contributed by atoms with Crippen molar-refractivity contribution in [1.82, 2.24) is 0 Å². The predicted octanol–water partition coefficient (Wildman–Crippen LogP) is 0.205. The van der Waals surface area contributed by atoms with E-state index in [-0.39, 0.29) is 39.9 Å². The summed E-state index contributed by atoms with van der Waals surface area (Å²) >= 11 is 0. The summed E-state index contributed by atoms with van der Waals surface area (Å²) in [5.41, 5.74) is 0. The number of hydrogen-bond donors (Lipinski definition) is 0. The molecule has 0 fully saturated rings. The van der Waals surface area contributed by atoms with Crippen LogP contribution in [0.5, 0.6) is 0 Å². The third kappa shape index (κ3) is 12.0. The molecule has 0 aromatic rings. The van der Waals surface area contributed by atoms with Crippen molar-refractivity contribution in [2.45, 2.75) is 6.92 Å². The van der Waals surface area contributed by atoms with Gasteiger partial charge in [-0.15, -0.1) is 0 Å². The fourth-order valence-electron chi connectivity index (χ4n) is 0. The molecule has 0 aliphatic heterocycles. The van der Waals surface area contributed by atoms with Crippen molar-refractivity contribution in [3.05, 3.63) is 0 Å². The molecule has 0 atom stereocenters. The summed E-state index contributed by atoms with van der Waals surface area (Å²) in [6.45, 7) is 1.44. The van der Waals surface area contributed by atoms with E-state index in [0.717, 1.165) is 6.29 Å². The van der Waals surface area contributed by atoms with Crippen molar-refractivity contribution in [2.75, 3.05) is 0 Å². The van der Waals surface area contributed by atoms with Gasteiger partial charge in [0.1, 0.15) is 6.29 Å². The van der Waals surface area contributed by atoms with Crippen molar-refractivity contribution in [3.8, 4) is 0 Å². The maximum atomic E-state index is 8.81.